The molecule has 4 aromatic rings. The van der Waals surface area contributed by atoms with Gasteiger partial charge in [0.15, 0.2) is 0 Å². The molecule has 4 heterocycles. The molecule has 0 unspecified atom stereocenters. The summed E-state index contributed by atoms with van der Waals surface area (Å²) in [6, 6.07) is 10.7. The first-order chi connectivity index (χ1) is 14.4. The van der Waals surface area contributed by atoms with E-state index in [9.17, 15) is 0 Å². The Hall–Kier alpha value is -2.53. The van der Waals surface area contributed by atoms with E-state index in [1.165, 1.54) is 64.6 Å². The molecule has 5 heteroatoms. The topological polar surface area (TPSA) is 41.9 Å². The molecule has 1 aliphatic heterocycles. The summed E-state index contributed by atoms with van der Waals surface area (Å²) in [7, 11) is 0. The lowest BCUT2D eigenvalue weighted by atomic mass is 9.87. The molecule has 3 aromatic heterocycles. The number of thiophene rings is 1. The maximum Gasteiger partial charge on any atom is 0.150 e. The van der Waals surface area contributed by atoms with Gasteiger partial charge in [0, 0.05) is 24.0 Å². The molecule has 1 fully saturated rings. The van der Waals surface area contributed by atoms with Gasteiger partial charge in [-0.3, -0.25) is 0 Å². The van der Waals surface area contributed by atoms with Crippen LogP contribution >= 0.6 is 11.3 Å². The molecular formula is C24H24N4S. The predicted octanol–water partition coefficient (Wildman–Crippen LogP) is 5.78. The third-order valence-electron chi connectivity index (χ3n) is 6.41. The number of hydrogen-bond acceptors (Lipinski definition) is 5. The molecule has 0 amide bonds. The summed E-state index contributed by atoms with van der Waals surface area (Å²) in [6.45, 7) is 2.20. The van der Waals surface area contributed by atoms with Crippen molar-refractivity contribution in [3.05, 3.63) is 47.8 Å². The Morgan fingerprint density at radius 2 is 1.62 bits per heavy atom. The Bertz CT molecular complexity index is 1190. The summed E-state index contributed by atoms with van der Waals surface area (Å²) in [5.74, 6) is 1.11. The molecule has 1 saturated heterocycles. The van der Waals surface area contributed by atoms with Gasteiger partial charge >= 0.3 is 0 Å². The molecule has 1 aromatic carbocycles. The van der Waals surface area contributed by atoms with Crippen LogP contribution < -0.4 is 4.90 Å². The van der Waals surface area contributed by atoms with Gasteiger partial charge in [-0.05, 0) is 56.1 Å². The molecular weight excluding hydrogens is 376 g/mol. The van der Waals surface area contributed by atoms with Crippen molar-refractivity contribution in [3.63, 3.8) is 0 Å². The van der Waals surface area contributed by atoms with Crippen molar-refractivity contribution in [2.45, 2.75) is 44.9 Å². The second-order valence-electron chi connectivity index (χ2n) is 8.20. The largest absolute Gasteiger partial charge is 0.355 e. The van der Waals surface area contributed by atoms with Crippen LogP contribution in [0.5, 0.6) is 0 Å². The van der Waals surface area contributed by atoms with E-state index in [1.807, 2.05) is 0 Å². The summed E-state index contributed by atoms with van der Waals surface area (Å²) >= 11 is 1.79. The molecule has 0 N–H and O–H groups in total. The number of nitrogens with zero attached hydrogens (tertiary/aromatic N) is 4. The smallest absolute Gasteiger partial charge is 0.150 e. The van der Waals surface area contributed by atoms with Gasteiger partial charge in [-0.1, -0.05) is 30.3 Å². The summed E-state index contributed by atoms with van der Waals surface area (Å²) in [5.41, 5.74) is 6.44. The standard InChI is InChI=1S/C24H24N4S/c1-3-9-16(10-4-1)20-18-12-6-5-11-17(18)19-21-22(29-24(19)27-20)23(26-15-25-21)28-13-7-2-8-14-28/h1,3-4,9-10,15H,2,5-8,11-14H2. The fraction of sp³-hybridized carbons (Fsp3) is 0.375. The van der Waals surface area contributed by atoms with Crippen molar-refractivity contribution in [1.29, 1.82) is 0 Å². The van der Waals surface area contributed by atoms with Crippen LogP contribution in [-0.2, 0) is 12.8 Å². The van der Waals surface area contributed by atoms with Gasteiger partial charge < -0.3 is 4.90 Å². The predicted molar refractivity (Wildman–Crippen MR) is 121 cm³/mol. The number of piperidine rings is 1. The summed E-state index contributed by atoms with van der Waals surface area (Å²) in [6.07, 6.45) is 10.3. The highest BCUT2D eigenvalue weighted by Crippen LogP contribution is 2.43. The number of aromatic nitrogens is 3. The average Bonchev–Trinajstić information content (AvgIpc) is 3.18. The molecule has 29 heavy (non-hydrogen) atoms. The summed E-state index contributed by atoms with van der Waals surface area (Å²) in [4.78, 5) is 18.3. The second kappa shape index (κ2) is 7.06. The average molecular weight is 401 g/mol. The van der Waals surface area contributed by atoms with Crippen LogP contribution in [0.4, 0.5) is 5.82 Å². The number of benzene rings is 1. The molecule has 0 spiro atoms. The Morgan fingerprint density at radius 3 is 2.45 bits per heavy atom. The van der Waals surface area contributed by atoms with Crippen LogP contribution in [0, 0.1) is 0 Å². The normalized spacial score (nSPS) is 17.0. The van der Waals surface area contributed by atoms with E-state index in [0.29, 0.717) is 0 Å². The van der Waals surface area contributed by atoms with E-state index in [0.717, 1.165) is 42.1 Å². The van der Waals surface area contributed by atoms with Crippen molar-refractivity contribution >= 4 is 37.6 Å². The zero-order valence-corrected chi connectivity index (χ0v) is 17.3. The molecule has 146 valence electrons. The molecule has 0 bridgehead atoms. The Labute approximate surface area is 174 Å². The van der Waals surface area contributed by atoms with Crippen molar-refractivity contribution in [3.8, 4) is 11.3 Å². The van der Waals surface area contributed by atoms with Crippen molar-refractivity contribution < 1.29 is 0 Å². The third kappa shape index (κ3) is 2.83. The zero-order valence-electron chi connectivity index (χ0n) is 16.5. The van der Waals surface area contributed by atoms with Crippen LogP contribution in [0.15, 0.2) is 36.7 Å². The Balaban J connectivity index is 1.63. The maximum atomic E-state index is 5.21. The lowest BCUT2D eigenvalue weighted by Crippen LogP contribution is -2.30. The van der Waals surface area contributed by atoms with Crippen LogP contribution in [-0.4, -0.2) is 28.0 Å². The number of anilines is 1. The van der Waals surface area contributed by atoms with Gasteiger partial charge in [-0.25, -0.2) is 15.0 Å². The van der Waals surface area contributed by atoms with E-state index in [1.54, 1.807) is 17.7 Å². The molecule has 1 aliphatic carbocycles. The van der Waals surface area contributed by atoms with Crippen LogP contribution in [0.3, 0.4) is 0 Å². The van der Waals surface area contributed by atoms with E-state index >= 15 is 0 Å². The summed E-state index contributed by atoms with van der Waals surface area (Å²) in [5, 5.41) is 1.29. The van der Waals surface area contributed by atoms with E-state index in [2.05, 4.69) is 35.2 Å². The van der Waals surface area contributed by atoms with E-state index in [4.69, 9.17) is 15.0 Å². The number of aryl methyl sites for hydroxylation is 1. The molecule has 2 aliphatic rings. The van der Waals surface area contributed by atoms with Gasteiger partial charge in [0.2, 0.25) is 0 Å². The lowest BCUT2D eigenvalue weighted by Gasteiger charge is -2.27. The highest BCUT2D eigenvalue weighted by Gasteiger charge is 2.25. The first kappa shape index (κ1) is 17.3. The lowest BCUT2D eigenvalue weighted by molar-refractivity contribution is 0.575. The molecule has 0 radical (unpaired) electrons. The molecule has 4 nitrogen and oxygen atoms in total. The van der Waals surface area contributed by atoms with E-state index < -0.39 is 0 Å². The van der Waals surface area contributed by atoms with Crippen LogP contribution in [0.2, 0.25) is 0 Å². The third-order valence-corrected chi connectivity index (χ3v) is 7.47. The van der Waals surface area contributed by atoms with Gasteiger partial charge in [0.05, 0.1) is 15.9 Å². The van der Waals surface area contributed by atoms with Crippen molar-refractivity contribution in [2.75, 3.05) is 18.0 Å². The molecule has 6 rings (SSSR count). The first-order valence-corrected chi connectivity index (χ1v) is 11.6. The minimum Gasteiger partial charge on any atom is -0.355 e. The number of fused-ring (bicyclic) bond motifs is 5. The van der Waals surface area contributed by atoms with Crippen molar-refractivity contribution in [2.24, 2.45) is 0 Å². The van der Waals surface area contributed by atoms with Gasteiger partial charge in [-0.15, -0.1) is 11.3 Å². The van der Waals surface area contributed by atoms with Crippen molar-refractivity contribution in [1.82, 2.24) is 15.0 Å². The van der Waals surface area contributed by atoms with E-state index in [-0.39, 0.29) is 0 Å². The van der Waals surface area contributed by atoms with Gasteiger partial charge in [0.1, 0.15) is 17.0 Å². The Morgan fingerprint density at radius 1 is 0.828 bits per heavy atom. The highest BCUT2D eigenvalue weighted by molar-refractivity contribution is 7.26. The minimum absolute atomic E-state index is 1.10. The van der Waals surface area contributed by atoms with Gasteiger partial charge in [0.25, 0.3) is 0 Å². The van der Waals surface area contributed by atoms with Gasteiger partial charge in [-0.2, -0.15) is 0 Å². The number of pyridine rings is 1. The maximum absolute atomic E-state index is 5.21. The quantitative estimate of drug-likeness (QED) is 0.428. The zero-order chi connectivity index (χ0) is 19.2. The SMILES string of the molecule is c1ccc(-c2nc3sc4c(N5CCCCC5)ncnc4c3c3c2CCCC3)cc1. The monoisotopic (exact) mass is 400 g/mol. The first-order valence-electron chi connectivity index (χ1n) is 10.8. The van der Waals surface area contributed by atoms with Crippen LogP contribution in [0.1, 0.15) is 43.2 Å². The molecule has 0 saturated carbocycles. The highest BCUT2D eigenvalue weighted by atomic mass is 32.1. The second-order valence-corrected chi connectivity index (χ2v) is 9.19. The summed E-state index contributed by atoms with van der Waals surface area (Å²) < 4.78 is 1.22. The fourth-order valence-electron chi connectivity index (χ4n) is 5.01. The molecule has 0 atom stereocenters. The minimum atomic E-state index is 1.10. The number of rotatable bonds is 2. The van der Waals surface area contributed by atoms with Crippen LogP contribution in [0.25, 0.3) is 31.7 Å². The fourth-order valence-corrected chi connectivity index (χ4v) is 6.19. The number of hydrogen-bond donors (Lipinski definition) is 0. The Kier molecular flexibility index (Phi) is 4.22.